The van der Waals surface area contributed by atoms with E-state index in [9.17, 15) is 0 Å². The number of allylic oxidation sites excluding steroid dienone is 2. The van der Waals surface area contributed by atoms with Gasteiger partial charge in [0.15, 0.2) is 0 Å². The highest BCUT2D eigenvalue weighted by Crippen LogP contribution is 2.08. The van der Waals surface area contributed by atoms with E-state index < -0.39 is 0 Å². The smallest absolute Gasteiger partial charge is 0.0611 e. The molecule has 1 aromatic carbocycles. The molecule has 1 heteroatoms. The molecule has 0 bridgehead atoms. The number of rotatable bonds is 3. The summed E-state index contributed by atoms with van der Waals surface area (Å²) in [5.74, 6) is 0. The summed E-state index contributed by atoms with van der Waals surface area (Å²) in [5.41, 5.74) is 2.78. The predicted molar refractivity (Wildman–Crippen MR) is 57.4 cm³/mol. The van der Waals surface area contributed by atoms with Gasteiger partial charge >= 0.3 is 0 Å². The lowest BCUT2D eigenvalue weighted by Crippen LogP contribution is -1.96. The van der Waals surface area contributed by atoms with Crippen molar-refractivity contribution in [3.8, 4) is 0 Å². The third-order valence-corrected chi connectivity index (χ3v) is 1.96. The molecule has 1 nitrogen and oxygen atoms in total. The number of benzene rings is 1. The standard InChI is InChI=1S/C12H15N/c1-3-4-9-12(13)11-8-6-5-7-10(11)2/h4-9,13H,3H2,1-2H3/b9-4-,13-12?. The zero-order chi connectivity index (χ0) is 9.68. The molecule has 0 heterocycles. The maximum absolute atomic E-state index is 7.79. The molecule has 1 N–H and O–H groups in total. The average Bonchev–Trinajstić information content (AvgIpc) is 2.15. The molecule has 0 aromatic heterocycles. The molecule has 68 valence electrons. The van der Waals surface area contributed by atoms with Crippen molar-refractivity contribution >= 4 is 5.71 Å². The first-order valence-electron chi connectivity index (χ1n) is 4.56. The molecule has 0 saturated heterocycles. The number of hydrogen-bond donors (Lipinski definition) is 1. The van der Waals surface area contributed by atoms with Crippen molar-refractivity contribution in [2.45, 2.75) is 20.3 Å². The van der Waals surface area contributed by atoms with Crippen LogP contribution in [0.5, 0.6) is 0 Å². The second-order valence-corrected chi connectivity index (χ2v) is 3.04. The Balaban J connectivity index is 2.89. The summed E-state index contributed by atoms with van der Waals surface area (Å²) in [7, 11) is 0. The van der Waals surface area contributed by atoms with Crippen LogP contribution in [0, 0.1) is 12.3 Å². The molecular formula is C12H15N. The second-order valence-electron chi connectivity index (χ2n) is 3.04. The topological polar surface area (TPSA) is 23.9 Å². The maximum atomic E-state index is 7.79. The van der Waals surface area contributed by atoms with Gasteiger partial charge in [-0.3, -0.25) is 0 Å². The van der Waals surface area contributed by atoms with Gasteiger partial charge in [0, 0.05) is 5.56 Å². The third-order valence-electron chi connectivity index (χ3n) is 1.96. The van der Waals surface area contributed by atoms with Gasteiger partial charge in [-0.2, -0.15) is 0 Å². The predicted octanol–water partition coefficient (Wildman–Crippen LogP) is 3.33. The SMILES string of the molecule is CC/C=C\C(=N)c1ccccc1C. The minimum atomic E-state index is 0.597. The van der Waals surface area contributed by atoms with Crippen LogP contribution in [-0.4, -0.2) is 5.71 Å². The quantitative estimate of drug-likeness (QED) is 0.678. The van der Waals surface area contributed by atoms with E-state index in [4.69, 9.17) is 5.41 Å². The van der Waals surface area contributed by atoms with Crippen molar-refractivity contribution in [2.75, 3.05) is 0 Å². The number of aryl methyl sites for hydroxylation is 1. The summed E-state index contributed by atoms with van der Waals surface area (Å²) in [5, 5.41) is 7.79. The summed E-state index contributed by atoms with van der Waals surface area (Å²) < 4.78 is 0. The molecule has 13 heavy (non-hydrogen) atoms. The molecule has 1 aromatic rings. The molecule has 0 saturated carbocycles. The molecule has 0 spiro atoms. The molecule has 0 aliphatic carbocycles. The Morgan fingerprint density at radius 1 is 1.38 bits per heavy atom. The minimum absolute atomic E-state index is 0.597. The van der Waals surface area contributed by atoms with Crippen molar-refractivity contribution in [3.05, 3.63) is 47.5 Å². The van der Waals surface area contributed by atoms with Gasteiger partial charge < -0.3 is 5.41 Å². The van der Waals surface area contributed by atoms with Crippen LogP contribution in [0.25, 0.3) is 0 Å². The normalized spacial score (nSPS) is 10.6. The van der Waals surface area contributed by atoms with Crippen molar-refractivity contribution in [3.63, 3.8) is 0 Å². The fourth-order valence-corrected chi connectivity index (χ4v) is 1.20. The van der Waals surface area contributed by atoms with Crippen LogP contribution in [0.1, 0.15) is 24.5 Å². The molecule has 0 atom stereocenters. The fourth-order valence-electron chi connectivity index (χ4n) is 1.20. The van der Waals surface area contributed by atoms with Gasteiger partial charge in [0.2, 0.25) is 0 Å². The van der Waals surface area contributed by atoms with Crippen LogP contribution in [0.4, 0.5) is 0 Å². The van der Waals surface area contributed by atoms with E-state index in [1.54, 1.807) is 0 Å². The third kappa shape index (κ3) is 2.55. The zero-order valence-electron chi connectivity index (χ0n) is 8.17. The van der Waals surface area contributed by atoms with E-state index in [2.05, 4.69) is 6.92 Å². The van der Waals surface area contributed by atoms with E-state index >= 15 is 0 Å². The van der Waals surface area contributed by atoms with Gasteiger partial charge in [-0.05, 0) is 25.0 Å². The van der Waals surface area contributed by atoms with E-state index in [1.807, 2.05) is 43.3 Å². The van der Waals surface area contributed by atoms with Gasteiger partial charge in [-0.1, -0.05) is 37.3 Å². The molecule has 1 rings (SSSR count). The molecular weight excluding hydrogens is 158 g/mol. The van der Waals surface area contributed by atoms with Crippen LogP contribution < -0.4 is 0 Å². The molecule has 0 unspecified atom stereocenters. The summed E-state index contributed by atoms with van der Waals surface area (Å²) in [4.78, 5) is 0. The molecule has 0 radical (unpaired) electrons. The van der Waals surface area contributed by atoms with Crippen LogP contribution in [0.3, 0.4) is 0 Å². The highest BCUT2D eigenvalue weighted by molar-refractivity contribution is 6.07. The number of hydrogen-bond acceptors (Lipinski definition) is 1. The monoisotopic (exact) mass is 173 g/mol. The van der Waals surface area contributed by atoms with Crippen molar-refractivity contribution in [2.24, 2.45) is 0 Å². The van der Waals surface area contributed by atoms with Crippen LogP contribution in [0.2, 0.25) is 0 Å². The Labute approximate surface area is 79.6 Å². The number of nitrogens with one attached hydrogen (secondary N) is 1. The first-order chi connectivity index (χ1) is 6.25. The van der Waals surface area contributed by atoms with Crippen molar-refractivity contribution in [1.29, 1.82) is 5.41 Å². The molecule has 0 fully saturated rings. The summed E-state index contributed by atoms with van der Waals surface area (Å²) in [6.07, 6.45) is 4.85. The highest BCUT2D eigenvalue weighted by atomic mass is 14.4. The van der Waals surface area contributed by atoms with Gasteiger partial charge in [-0.25, -0.2) is 0 Å². The van der Waals surface area contributed by atoms with Gasteiger partial charge in [-0.15, -0.1) is 0 Å². The summed E-state index contributed by atoms with van der Waals surface area (Å²) >= 11 is 0. The van der Waals surface area contributed by atoms with Gasteiger partial charge in [0.25, 0.3) is 0 Å². The lowest BCUT2D eigenvalue weighted by molar-refractivity contribution is 1.22. The Bertz CT molecular complexity index is 324. The zero-order valence-corrected chi connectivity index (χ0v) is 8.17. The molecule has 0 aliphatic heterocycles. The first-order valence-corrected chi connectivity index (χ1v) is 4.56. The maximum Gasteiger partial charge on any atom is 0.0611 e. The average molecular weight is 173 g/mol. The Kier molecular flexibility index (Phi) is 3.44. The fraction of sp³-hybridized carbons (Fsp3) is 0.250. The lowest BCUT2D eigenvalue weighted by atomic mass is 10.0. The minimum Gasteiger partial charge on any atom is -0.300 e. The summed E-state index contributed by atoms with van der Waals surface area (Å²) in [6, 6.07) is 7.98. The highest BCUT2D eigenvalue weighted by Gasteiger charge is 1.99. The van der Waals surface area contributed by atoms with E-state index in [0.717, 1.165) is 17.5 Å². The largest absolute Gasteiger partial charge is 0.300 e. The second kappa shape index (κ2) is 4.61. The van der Waals surface area contributed by atoms with Crippen molar-refractivity contribution < 1.29 is 0 Å². The van der Waals surface area contributed by atoms with Crippen LogP contribution in [0.15, 0.2) is 36.4 Å². The van der Waals surface area contributed by atoms with Gasteiger partial charge in [0.05, 0.1) is 5.71 Å². The Hall–Kier alpha value is -1.37. The van der Waals surface area contributed by atoms with Gasteiger partial charge in [0.1, 0.15) is 0 Å². The molecule has 0 amide bonds. The van der Waals surface area contributed by atoms with E-state index in [-0.39, 0.29) is 0 Å². The lowest BCUT2D eigenvalue weighted by Gasteiger charge is -2.02. The Morgan fingerprint density at radius 3 is 2.69 bits per heavy atom. The Morgan fingerprint density at radius 2 is 2.08 bits per heavy atom. The van der Waals surface area contributed by atoms with E-state index in [1.165, 1.54) is 0 Å². The van der Waals surface area contributed by atoms with Crippen LogP contribution in [-0.2, 0) is 0 Å². The summed E-state index contributed by atoms with van der Waals surface area (Å²) in [6.45, 7) is 4.10. The van der Waals surface area contributed by atoms with Crippen molar-refractivity contribution in [1.82, 2.24) is 0 Å². The first kappa shape index (κ1) is 9.72. The van der Waals surface area contributed by atoms with E-state index in [0.29, 0.717) is 5.71 Å². The van der Waals surface area contributed by atoms with Crippen LogP contribution >= 0.6 is 0 Å². The molecule has 0 aliphatic rings.